The second-order valence-corrected chi connectivity index (χ2v) is 4.31. The molecule has 0 aliphatic carbocycles. The van der Waals surface area contributed by atoms with Crippen LogP contribution in [0.25, 0.3) is 0 Å². The molecule has 2 aromatic carbocycles. The number of esters is 1. The topological polar surface area (TPSA) is 50.1 Å². The van der Waals surface area contributed by atoms with Crippen molar-refractivity contribution < 1.29 is 31.5 Å². The van der Waals surface area contributed by atoms with Crippen molar-refractivity contribution in [1.82, 2.24) is 0 Å². The highest BCUT2D eigenvalue weighted by Gasteiger charge is 2.27. The average Bonchev–Trinajstić information content (AvgIpc) is 2.55. The summed E-state index contributed by atoms with van der Waals surface area (Å²) in [7, 11) is 0. The minimum atomic E-state index is -2.31. The lowest BCUT2D eigenvalue weighted by Gasteiger charge is -2.09. The summed E-state index contributed by atoms with van der Waals surface area (Å²) in [6.45, 7) is 0. The van der Waals surface area contributed by atoms with Crippen LogP contribution in [0.15, 0.2) is 24.3 Å². The molecular formula is C15H6F5NO2. The van der Waals surface area contributed by atoms with Crippen LogP contribution in [0.2, 0.25) is 0 Å². The number of hydrogen-bond donors (Lipinski definition) is 0. The van der Waals surface area contributed by atoms with Crippen molar-refractivity contribution >= 4 is 5.97 Å². The summed E-state index contributed by atoms with van der Waals surface area (Å²) in [5.41, 5.74) is -1.33. The molecule has 2 aromatic rings. The van der Waals surface area contributed by atoms with Crippen molar-refractivity contribution in [3.05, 3.63) is 64.5 Å². The largest absolute Gasteiger partial charge is 0.425 e. The van der Waals surface area contributed by atoms with E-state index in [0.29, 0.717) is 0 Å². The van der Waals surface area contributed by atoms with E-state index in [2.05, 4.69) is 0 Å². The Morgan fingerprint density at radius 1 is 0.957 bits per heavy atom. The second kappa shape index (κ2) is 6.44. The summed E-state index contributed by atoms with van der Waals surface area (Å²) in [6.07, 6.45) is -1.19. The number of carbonyl (C=O) groups is 1. The molecule has 0 unspecified atom stereocenters. The zero-order valence-electron chi connectivity index (χ0n) is 11.2. The van der Waals surface area contributed by atoms with E-state index in [1.165, 1.54) is 24.3 Å². The van der Waals surface area contributed by atoms with Crippen molar-refractivity contribution in [1.29, 1.82) is 5.26 Å². The number of nitrogens with zero attached hydrogens (tertiary/aromatic N) is 1. The van der Waals surface area contributed by atoms with Crippen LogP contribution in [0.3, 0.4) is 0 Å². The molecule has 0 N–H and O–H groups in total. The SMILES string of the molecule is N#Cc1ccccc1OC(=O)Cc1c(F)c(F)c(F)c(F)c1F. The van der Waals surface area contributed by atoms with Crippen LogP contribution in [0.5, 0.6) is 5.75 Å². The van der Waals surface area contributed by atoms with Crippen LogP contribution in [0.1, 0.15) is 11.1 Å². The van der Waals surface area contributed by atoms with E-state index in [4.69, 9.17) is 10.00 Å². The monoisotopic (exact) mass is 327 g/mol. The third-order valence-corrected chi connectivity index (χ3v) is 2.85. The Morgan fingerprint density at radius 2 is 1.48 bits per heavy atom. The number of benzene rings is 2. The van der Waals surface area contributed by atoms with E-state index >= 15 is 0 Å². The Bertz CT molecular complexity index is 800. The van der Waals surface area contributed by atoms with Gasteiger partial charge in [0.2, 0.25) is 5.82 Å². The van der Waals surface area contributed by atoms with Crippen molar-refractivity contribution in [3.63, 3.8) is 0 Å². The molecular weight excluding hydrogens is 321 g/mol. The van der Waals surface area contributed by atoms with E-state index in [1.807, 2.05) is 0 Å². The Kier molecular flexibility index (Phi) is 4.60. The predicted octanol–water partition coefficient (Wildman–Crippen LogP) is 3.40. The fourth-order valence-corrected chi connectivity index (χ4v) is 1.76. The lowest BCUT2D eigenvalue weighted by atomic mass is 10.1. The van der Waals surface area contributed by atoms with Gasteiger partial charge in [-0.15, -0.1) is 0 Å². The molecule has 0 radical (unpaired) electrons. The van der Waals surface area contributed by atoms with Gasteiger partial charge in [-0.3, -0.25) is 4.79 Å². The maximum atomic E-state index is 13.5. The third kappa shape index (κ3) is 3.13. The number of ether oxygens (including phenoxy) is 1. The van der Waals surface area contributed by atoms with E-state index < -0.39 is 47.0 Å². The lowest BCUT2D eigenvalue weighted by molar-refractivity contribution is -0.133. The first-order valence-electron chi connectivity index (χ1n) is 6.07. The molecule has 23 heavy (non-hydrogen) atoms. The van der Waals surface area contributed by atoms with Crippen LogP contribution in [-0.4, -0.2) is 5.97 Å². The van der Waals surface area contributed by atoms with Crippen molar-refractivity contribution in [2.45, 2.75) is 6.42 Å². The molecule has 0 aliphatic heterocycles. The summed E-state index contributed by atoms with van der Waals surface area (Å²) in [6, 6.07) is 7.20. The molecule has 0 amide bonds. The number of rotatable bonds is 3. The summed E-state index contributed by atoms with van der Waals surface area (Å²) >= 11 is 0. The molecule has 8 heteroatoms. The molecule has 0 bridgehead atoms. The van der Waals surface area contributed by atoms with Crippen LogP contribution in [0, 0.1) is 40.4 Å². The van der Waals surface area contributed by atoms with E-state index in [-0.39, 0.29) is 11.3 Å². The number of hydrogen-bond acceptors (Lipinski definition) is 3. The van der Waals surface area contributed by atoms with Gasteiger partial charge in [-0.25, -0.2) is 22.0 Å². The van der Waals surface area contributed by atoms with Gasteiger partial charge in [0.05, 0.1) is 12.0 Å². The summed E-state index contributed by atoms with van der Waals surface area (Å²) < 4.78 is 70.6. The van der Waals surface area contributed by atoms with Gasteiger partial charge in [-0.1, -0.05) is 12.1 Å². The standard InChI is InChI=1S/C15H6F5NO2/c16-11-8(12(17)14(19)15(20)13(11)18)5-10(22)23-9-4-2-1-3-7(9)6-21/h1-4H,5H2. The second-order valence-electron chi connectivity index (χ2n) is 4.31. The van der Waals surface area contributed by atoms with Gasteiger partial charge in [0.25, 0.3) is 0 Å². The van der Waals surface area contributed by atoms with Crippen molar-refractivity contribution in [2.75, 3.05) is 0 Å². The molecule has 0 saturated heterocycles. The number of carbonyl (C=O) groups excluding carboxylic acids is 1. The molecule has 118 valence electrons. The van der Waals surface area contributed by atoms with Gasteiger partial charge in [0.1, 0.15) is 11.8 Å². The van der Waals surface area contributed by atoms with E-state index in [0.717, 1.165) is 0 Å². The molecule has 0 heterocycles. The normalized spacial score (nSPS) is 10.3. The van der Waals surface area contributed by atoms with E-state index in [9.17, 15) is 26.7 Å². The molecule has 0 aliphatic rings. The number of halogens is 5. The summed E-state index contributed by atoms with van der Waals surface area (Å²) in [5, 5.41) is 8.81. The quantitative estimate of drug-likeness (QED) is 0.285. The van der Waals surface area contributed by atoms with Gasteiger partial charge < -0.3 is 4.74 Å². The molecule has 0 atom stereocenters. The Balaban J connectivity index is 2.30. The fourth-order valence-electron chi connectivity index (χ4n) is 1.76. The maximum Gasteiger partial charge on any atom is 0.315 e. The summed E-state index contributed by atoms with van der Waals surface area (Å²) in [4.78, 5) is 11.7. The predicted molar refractivity (Wildman–Crippen MR) is 66.7 cm³/mol. The highest BCUT2D eigenvalue weighted by atomic mass is 19.2. The maximum absolute atomic E-state index is 13.5. The van der Waals surface area contributed by atoms with Crippen LogP contribution >= 0.6 is 0 Å². The van der Waals surface area contributed by atoms with Gasteiger partial charge in [-0.05, 0) is 12.1 Å². The highest BCUT2D eigenvalue weighted by Crippen LogP contribution is 2.24. The third-order valence-electron chi connectivity index (χ3n) is 2.85. The minimum Gasteiger partial charge on any atom is -0.425 e. The highest BCUT2D eigenvalue weighted by molar-refractivity contribution is 5.76. The Hall–Kier alpha value is -2.95. The van der Waals surface area contributed by atoms with Crippen molar-refractivity contribution in [2.24, 2.45) is 0 Å². The van der Waals surface area contributed by atoms with Gasteiger partial charge in [-0.2, -0.15) is 5.26 Å². The molecule has 0 aromatic heterocycles. The molecule has 0 spiro atoms. The van der Waals surface area contributed by atoms with Crippen LogP contribution < -0.4 is 4.74 Å². The number of nitriles is 1. The zero-order chi connectivity index (χ0) is 17.1. The Morgan fingerprint density at radius 3 is 2.04 bits per heavy atom. The Labute approximate surface area is 126 Å². The molecule has 0 saturated carbocycles. The lowest BCUT2D eigenvalue weighted by Crippen LogP contribution is -2.16. The zero-order valence-corrected chi connectivity index (χ0v) is 11.2. The number of para-hydroxylation sites is 1. The van der Waals surface area contributed by atoms with Gasteiger partial charge in [0.15, 0.2) is 23.3 Å². The summed E-state index contributed by atoms with van der Waals surface area (Å²) in [5.74, 6) is -12.3. The fraction of sp³-hybridized carbons (Fsp3) is 0.0667. The van der Waals surface area contributed by atoms with Crippen LogP contribution in [0.4, 0.5) is 22.0 Å². The molecule has 2 rings (SSSR count). The van der Waals surface area contributed by atoms with Gasteiger partial charge in [0, 0.05) is 5.56 Å². The van der Waals surface area contributed by atoms with Crippen LogP contribution in [-0.2, 0) is 11.2 Å². The van der Waals surface area contributed by atoms with Crippen molar-refractivity contribution in [3.8, 4) is 11.8 Å². The molecule has 3 nitrogen and oxygen atoms in total. The first-order chi connectivity index (χ1) is 10.9. The molecule has 0 fully saturated rings. The van der Waals surface area contributed by atoms with Gasteiger partial charge >= 0.3 is 5.97 Å². The first kappa shape index (κ1) is 16.4. The average molecular weight is 327 g/mol. The van der Waals surface area contributed by atoms with E-state index in [1.54, 1.807) is 6.07 Å². The minimum absolute atomic E-state index is 0.0294. The smallest absolute Gasteiger partial charge is 0.315 e. The first-order valence-corrected chi connectivity index (χ1v) is 6.07.